The molecule has 20 heavy (non-hydrogen) atoms. The number of rotatable bonds is 6. The second-order valence-corrected chi connectivity index (χ2v) is 7.60. The van der Waals surface area contributed by atoms with E-state index in [1.807, 2.05) is 6.07 Å². The van der Waals surface area contributed by atoms with Crippen LogP contribution in [-0.4, -0.2) is 6.04 Å². The van der Waals surface area contributed by atoms with Crippen LogP contribution in [0.4, 0.5) is 0 Å². The van der Waals surface area contributed by atoms with Gasteiger partial charge in [-0.15, -0.1) is 11.3 Å². The van der Waals surface area contributed by atoms with Crippen molar-refractivity contribution in [1.82, 2.24) is 5.32 Å². The zero-order valence-electron chi connectivity index (χ0n) is 10.9. The lowest BCUT2D eigenvalue weighted by molar-refractivity contribution is 0.308. The van der Waals surface area contributed by atoms with Crippen LogP contribution in [0.25, 0.3) is 0 Å². The van der Waals surface area contributed by atoms with Crippen molar-refractivity contribution in [1.29, 1.82) is 0 Å². The summed E-state index contributed by atoms with van der Waals surface area (Å²) in [5.41, 5.74) is 1.25. The maximum absolute atomic E-state index is 5.88. The first kappa shape index (κ1) is 14.6. The van der Waals surface area contributed by atoms with Crippen molar-refractivity contribution in [3.63, 3.8) is 0 Å². The number of nitrogens with one attached hydrogen (secondary N) is 1. The molecule has 3 rings (SSSR count). The molecule has 1 aromatic carbocycles. The predicted molar refractivity (Wildman–Crippen MR) is 90.4 cm³/mol. The Labute approximate surface area is 139 Å². The van der Waals surface area contributed by atoms with Crippen LogP contribution in [-0.2, 0) is 13.2 Å². The van der Waals surface area contributed by atoms with Crippen LogP contribution in [0.15, 0.2) is 38.6 Å². The molecule has 1 heterocycles. The van der Waals surface area contributed by atoms with Gasteiger partial charge < -0.3 is 10.1 Å². The molecule has 2 nitrogen and oxygen atoms in total. The Hall–Kier alpha value is -0.360. The van der Waals surface area contributed by atoms with Gasteiger partial charge in [0, 0.05) is 21.5 Å². The van der Waals surface area contributed by atoms with Crippen molar-refractivity contribution >= 4 is 43.2 Å². The summed E-state index contributed by atoms with van der Waals surface area (Å²) in [6.07, 6.45) is 2.61. The molecule has 1 N–H and O–H groups in total. The predicted octanol–water partition coefficient (Wildman–Crippen LogP) is 5.10. The zero-order valence-corrected chi connectivity index (χ0v) is 14.9. The van der Waals surface area contributed by atoms with Crippen LogP contribution >= 0.6 is 43.2 Å². The Morgan fingerprint density at radius 2 is 2.05 bits per heavy atom. The van der Waals surface area contributed by atoms with E-state index >= 15 is 0 Å². The van der Waals surface area contributed by atoms with Crippen molar-refractivity contribution < 1.29 is 4.74 Å². The summed E-state index contributed by atoms with van der Waals surface area (Å²) < 4.78 is 8.14. The third kappa shape index (κ3) is 3.85. The molecule has 1 fully saturated rings. The van der Waals surface area contributed by atoms with Crippen molar-refractivity contribution in [2.24, 2.45) is 0 Å². The molecule has 2 aromatic rings. The van der Waals surface area contributed by atoms with Gasteiger partial charge in [-0.3, -0.25) is 0 Å². The summed E-state index contributed by atoms with van der Waals surface area (Å²) in [4.78, 5) is 1.21. The standard InChI is InChI=1S/C15H15Br2NOS/c16-13-4-3-12(7-10(13)8-18-11-1-2-11)19-9-15-14(17)5-6-20-15/h3-7,11,18H,1-2,8-9H2. The lowest BCUT2D eigenvalue weighted by Gasteiger charge is -2.10. The van der Waals surface area contributed by atoms with Gasteiger partial charge in [0.25, 0.3) is 0 Å². The third-order valence-corrected chi connectivity index (χ3v) is 5.91. The molecule has 0 saturated heterocycles. The molecular weight excluding hydrogens is 402 g/mol. The first-order chi connectivity index (χ1) is 9.72. The Balaban J connectivity index is 1.63. The van der Waals surface area contributed by atoms with Gasteiger partial charge in [0.2, 0.25) is 0 Å². The molecule has 1 saturated carbocycles. The lowest BCUT2D eigenvalue weighted by atomic mass is 10.2. The van der Waals surface area contributed by atoms with Crippen LogP contribution in [0.5, 0.6) is 5.75 Å². The molecule has 0 atom stereocenters. The van der Waals surface area contributed by atoms with Crippen molar-refractivity contribution in [3.05, 3.63) is 49.0 Å². The maximum atomic E-state index is 5.88. The monoisotopic (exact) mass is 415 g/mol. The molecule has 1 aliphatic rings. The van der Waals surface area contributed by atoms with Gasteiger partial charge >= 0.3 is 0 Å². The van der Waals surface area contributed by atoms with E-state index < -0.39 is 0 Å². The summed E-state index contributed by atoms with van der Waals surface area (Å²) in [5.74, 6) is 0.918. The fraction of sp³-hybridized carbons (Fsp3) is 0.333. The van der Waals surface area contributed by atoms with Gasteiger partial charge in [0.05, 0.1) is 4.88 Å². The summed E-state index contributed by atoms with van der Waals surface area (Å²) in [7, 11) is 0. The van der Waals surface area contributed by atoms with Gasteiger partial charge in [-0.25, -0.2) is 0 Å². The number of hydrogen-bond donors (Lipinski definition) is 1. The molecule has 0 radical (unpaired) electrons. The number of ether oxygens (including phenoxy) is 1. The minimum absolute atomic E-state index is 0.607. The smallest absolute Gasteiger partial charge is 0.124 e. The highest BCUT2D eigenvalue weighted by atomic mass is 79.9. The van der Waals surface area contributed by atoms with Crippen molar-refractivity contribution in [2.45, 2.75) is 32.0 Å². The lowest BCUT2D eigenvalue weighted by Crippen LogP contribution is -2.15. The van der Waals surface area contributed by atoms with E-state index in [9.17, 15) is 0 Å². The van der Waals surface area contributed by atoms with E-state index in [0.717, 1.165) is 21.2 Å². The third-order valence-electron chi connectivity index (χ3n) is 3.24. The SMILES string of the molecule is Brc1ccc(OCc2sccc2Br)cc1CNC1CC1. The molecule has 0 amide bonds. The van der Waals surface area contributed by atoms with Crippen molar-refractivity contribution in [3.8, 4) is 5.75 Å². The summed E-state index contributed by atoms with van der Waals surface area (Å²) in [6, 6.07) is 8.94. The fourth-order valence-corrected chi connectivity index (χ4v) is 3.66. The minimum Gasteiger partial charge on any atom is -0.488 e. The highest BCUT2D eigenvalue weighted by Crippen LogP contribution is 2.27. The molecule has 0 bridgehead atoms. The van der Waals surface area contributed by atoms with E-state index in [2.05, 4.69) is 60.8 Å². The van der Waals surface area contributed by atoms with Crippen LogP contribution < -0.4 is 10.1 Å². The zero-order chi connectivity index (χ0) is 13.9. The number of hydrogen-bond acceptors (Lipinski definition) is 3. The number of halogens is 2. The highest BCUT2D eigenvalue weighted by Gasteiger charge is 2.20. The average molecular weight is 417 g/mol. The molecule has 106 valence electrons. The highest BCUT2D eigenvalue weighted by molar-refractivity contribution is 9.10. The van der Waals surface area contributed by atoms with Crippen LogP contribution in [0.3, 0.4) is 0 Å². The minimum atomic E-state index is 0.607. The van der Waals surface area contributed by atoms with E-state index in [0.29, 0.717) is 12.6 Å². The second kappa shape index (κ2) is 6.60. The van der Waals surface area contributed by atoms with Gasteiger partial charge in [0.15, 0.2) is 0 Å². The number of thiophene rings is 1. The Morgan fingerprint density at radius 3 is 2.75 bits per heavy atom. The second-order valence-electron chi connectivity index (χ2n) is 4.89. The van der Waals surface area contributed by atoms with Crippen LogP contribution in [0.1, 0.15) is 23.3 Å². The van der Waals surface area contributed by atoms with Gasteiger partial charge in [0.1, 0.15) is 12.4 Å². The molecule has 0 spiro atoms. The van der Waals surface area contributed by atoms with Crippen LogP contribution in [0.2, 0.25) is 0 Å². The van der Waals surface area contributed by atoms with Gasteiger partial charge in [-0.1, -0.05) is 15.9 Å². The normalized spacial score (nSPS) is 14.5. The van der Waals surface area contributed by atoms with Crippen molar-refractivity contribution in [2.75, 3.05) is 0 Å². The quantitative estimate of drug-likeness (QED) is 0.706. The Bertz CT molecular complexity index is 595. The van der Waals surface area contributed by atoms with E-state index in [1.165, 1.54) is 23.3 Å². The topological polar surface area (TPSA) is 21.3 Å². The van der Waals surface area contributed by atoms with E-state index in [1.54, 1.807) is 11.3 Å². The van der Waals surface area contributed by atoms with Crippen LogP contribution in [0, 0.1) is 0 Å². The van der Waals surface area contributed by atoms with Gasteiger partial charge in [-0.2, -0.15) is 0 Å². The molecule has 0 aliphatic heterocycles. The molecule has 1 aromatic heterocycles. The number of benzene rings is 1. The largest absolute Gasteiger partial charge is 0.488 e. The molecule has 1 aliphatic carbocycles. The van der Waals surface area contributed by atoms with E-state index in [-0.39, 0.29) is 0 Å². The van der Waals surface area contributed by atoms with E-state index in [4.69, 9.17) is 4.74 Å². The summed E-state index contributed by atoms with van der Waals surface area (Å²) >= 11 is 8.83. The summed E-state index contributed by atoms with van der Waals surface area (Å²) in [5, 5.41) is 5.59. The molecular formula is C15H15Br2NOS. The Kier molecular flexibility index (Phi) is 4.81. The maximum Gasteiger partial charge on any atom is 0.124 e. The summed E-state index contributed by atoms with van der Waals surface area (Å²) in [6.45, 7) is 1.50. The Morgan fingerprint density at radius 1 is 1.20 bits per heavy atom. The average Bonchev–Trinajstić information content (AvgIpc) is 3.18. The molecule has 5 heteroatoms. The van der Waals surface area contributed by atoms with Gasteiger partial charge in [-0.05, 0) is 64.0 Å². The molecule has 0 unspecified atom stereocenters. The first-order valence-electron chi connectivity index (χ1n) is 6.59. The first-order valence-corrected chi connectivity index (χ1v) is 9.05. The fourth-order valence-electron chi connectivity index (χ4n) is 1.90.